The number of hydrogen-bond donors (Lipinski definition) is 1. The molecule has 0 radical (unpaired) electrons. The third-order valence-electron chi connectivity index (χ3n) is 3.66. The molecule has 1 fully saturated rings. The van der Waals surface area contributed by atoms with E-state index < -0.39 is 0 Å². The molecule has 1 aliphatic heterocycles. The Bertz CT molecular complexity index is 311. The summed E-state index contributed by atoms with van der Waals surface area (Å²) in [7, 11) is 0. The van der Waals surface area contributed by atoms with Crippen molar-refractivity contribution in [3.05, 3.63) is 22.4 Å². The fourth-order valence-corrected chi connectivity index (χ4v) is 3.31. The molecule has 1 saturated heterocycles. The average molecular weight is 225 g/mol. The highest BCUT2D eigenvalue weighted by atomic mass is 32.1. The highest BCUT2D eigenvalue weighted by Crippen LogP contribution is 2.39. The monoisotopic (exact) mass is 225 g/mol. The summed E-state index contributed by atoms with van der Waals surface area (Å²) in [6, 6.07) is 2.24. The van der Waals surface area contributed by atoms with Gasteiger partial charge in [-0.15, -0.1) is 0 Å². The van der Waals surface area contributed by atoms with E-state index >= 15 is 0 Å². The molecule has 2 N–H and O–H groups in total. The lowest BCUT2D eigenvalue weighted by Crippen LogP contribution is -2.30. The van der Waals surface area contributed by atoms with Crippen LogP contribution in [0.4, 0.5) is 0 Å². The molecule has 5 atom stereocenters. The molecular weight excluding hydrogens is 206 g/mol. The van der Waals surface area contributed by atoms with E-state index in [9.17, 15) is 0 Å². The van der Waals surface area contributed by atoms with Gasteiger partial charge >= 0.3 is 0 Å². The number of hydrogen-bond acceptors (Lipinski definition) is 3. The Labute approximate surface area is 95.4 Å². The molecule has 2 nitrogen and oxygen atoms in total. The lowest BCUT2D eigenvalue weighted by Gasteiger charge is -2.25. The molecule has 0 aromatic carbocycles. The third-order valence-corrected chi connectivity index (χ3v) is 4.36. The quantitative estimate of drug-likeness (QED) is 0.840. The third kappa shape index (κ3) is 1.96. The SMILES string of the molecule is CC1OC(C)C(C(N)c2ccsc2)C1C. The lowest BCUT2D eigenvalue weighted by atomic mass is 9.82. The van der Waals surface area contributed by atoms with Crippen LogP contribution in [0.2, 0.25) is 0 Å². The topological polar surface area (TPSA) is 35.2 Å². The molecule has 2 heterocycles. The molecule has 0 aliphatic carbocycles. The van der Waals surface area contributed by atoms with E-state index in [1.165, 1.54) is 5.56 Å². The largest absolute Gasteiger partial charge is 0.375 e. The molecule has 3 heteroatoms. The number of ether oxygens (including phenoxy) is 1. The highest BCUT2D eigenvalue weighted by molar-refractivity contribution is 7.07. The zero-order chi connectivity index (χ0) is 11.0. The Balaban J connectivity index is 2.16. The summed E-state index contributed by atoms with van der Waals surface area (Å²) in [5.41, 5.74) is 7.57. The lowest BCUT2D eigenvalue weighted by molar-refractivity contribution is 0.0489. The molecule has 1 aromatic rings. The first-order valence-electron chi connectivity index (χ1n) is 5.54. The Kier molecular flexibility index (Phi) is 3.14. The zero-order valence-corrected chi connectivity index (χ0v) is 10.3. The summed E-state index contributed by atoms with van der Waals surface area (Å²) in [5.74, 6) is 0.976. The maximum absolute atomic E-state index is 6.31. The van der Waals surface area contributed by atoms with Crippen LogP contribution in [0.25, 0.3) is 0 Å². The van der Waals surface area contributed by atoms with Crippen molar-refractivity contribution in [2.45, 2.75) is 39.0 Å². The van der Waals surface area contributed by atoms with Crippen molar-refractivity contribution >= 4 is 11.3 Å². The van der Waals surface area contributed by atoms with Gasteiger partial charge in [0, 0.05) is 12.0 Å². The minimum atomic E-state index is 0.117. The van der Waals surface area contributed by atoms with Crippen LogP contribution in [0.15, 0.2) is 16.8 Å². The van der Waals surface area contributed by atoms with Crippen molar-refractivity contribution in [3.8, 4) is 0 Å². The van der Waals surface area contributed by atoms with E-state index in [1.54, 1.807) is 11.3 Å². The van der Waals surface area contributed by atoms with E-state index in [1.807, 2.05) is 0 Å². The van der Waals surface area contributed by atoms with Gasteiger partial charge < -0.3 is 10.5 Å². The van der Waals surface area contributed by atoms with E-state index in [2.05, 4.69) is 37.6 Å². The van der Waals surface area contributed by atoms with Crippen LogP contribution in [-0.2, 0) is 4.74 Å². The number of thiophene rings is 1. The van der Waals surface area contributed by atoms with Gasteiger partial charge in [-0.3, -0.25) is 0 Å². The fourth-order valence-electron chi connectivity index (χ4n) is 2.60. The van der Waals surface area contributed by atoms with Crippen LogP contribution < -0.4 is 5.73 Å². The highest BCUT2D eigenvalue weighted by Gasteiger charge is 2.40. The molecule has 0 spiro atoms. The molecule has 84 valence electrons. The van der Waals surface area contributed by atoms with E-state index in [0.29, 0.717) is 17.9 Å². The summed E-state index contributed by atoms with van der Waals surface area (Å²) in [6.07, 6.45) is 0.597. The molecule has 15 heavy (non-hydrogen) atoms. The molecular formula is C12H19NOS. The predicted octanol–water partition coefficient (Wildman–Crippen LogP) is 2.81. The summed E-state index contributed by atoms with van der Waals surface area (Å²) in [6.45, 7) is 6.52. The van der Waals surface area contributed by atoms with Crippen molar-refractivity contribution in [3.63, 3.8) is 0 Å². The Hall–Kier alpha value is -0.380. The number of rotatable bonds is 2. The number of nitrogens with two attached hydrogens (primary N) is 1. The molecule has 1 aliphatic rings. The molecule has 1 aromatic heterocycles. The normalized spacial score (nSPS) is 38.1. The first-order valence-corrected chi connectivity index (χ1v) is 6.48. The Morgan fingerprint density at radius 2 is 2.07 bits per heavy atom. The van der Waals surface area contributed by atoms with Crippen molar-refractivity contribution in [2.24, 2.45) is 17.6 Å². The maximum Gasteiger partial charge on any atom is 0.0600 e. The Morgan fingerprint density at radius 3 is 2.53 bits per heavy atom. The molecule has 5 unspecified atom stereocenters. The van der Waals surface area contributed by atoms with E-state index in [-0.39, 0.29) is 12.1 Å². The van der Waals surface area contributed by atoms with Crippen molar-refractivity contribution in [1.82, 2.24) is 0 Å². The van der Waals surface area contributed by atoms with E-state index in [0.717, 1.165) is 0 Å². The van der Waals surface area contributed by atoms with Gasteiger partial charge in [0.05, 0.1) is 12.2 Å². The van der Waals surface area contributed by atoms with Crippen molar-refractivity contribution in [2.75, 3.05) is 0 Å². The predicted molar refractivity (Wildman–Crippen MR) is 63.9 cm³/mol. The molecule has 0 amide bonds. The zero-order valence-electron chi connectivity index (χ0n) is 9.51. The second-order valence-corrected chi connectivity index (χ2v) is 5.35. The minimum Gasteiger partial charge on any atom is -0.375 e. The maximum atomic E-state index is 6.31. The minimum absolute atomic E-state index is 0.117. The molecule has 2 rings (SSSR count). The van der Waals surface area contributed by atoms with Gasteiger partial charge in [-0.25, -0.2) is 0 Å². The van der Waals surface area contributed by atoms with E-state index in [4.69, 9.17) is 10.5 Å². The van der Waals surface area contributed by atoms with Crippen molar-refractivity contribution < 1.29 is 4.74 Å². The van der Waals surface area contributed by atoms with Crippen LogP contribution in [0.5, 0.6) is 0 Å². The van der Waals surface area contributed by atoms with Crippen LogP contribution in [0.3, 0.4) is 0 Å². The van der Waals surface area contributed by atoms with Crippen molar-refractivity contribution in [1.29, 1.82) is 0 Å². The summed E-state index contributed by atoms with van der Waals surface area (Å²) < 4.78 is 5.83. The van der Waals surface area contributed by atoms with Gasteiger partial charge in [0.25, 0.3) is 0 Å². The van der Waals surface area contributed by atoms with Crippen LogP contribution in [0.1, 0.15) is 32.4 Å². The first-order chi connectivity index (χ1) is 7.11. The summed E-state index contributed by atoms with van der Waals surface area (Å²) >= 11 is 1.71. The fraction of sp³-hybridized carbons (Fsp3) is 0.667. The van der Waals surface area contributed by atoms with Gasteiger partial charge in [-0.1, -0.05) is 6.92 Å². The first kappa shape index (κ1) is 11.1. The van der Waals surface area contributed by atoms with Gasteiger partial charge in [-0.2, -0.15) is 11.3 Å². The van der Waals surface area contributed by atoms with Crippen LogP contribution in [0, 0.1) is 11.8 Å². The average Bonchev–Trinajstić information content (AvgIpc) is 2.76. The Morgan fingerprint density at radius 1 is 1.33 bits per heavy atom. The van der Waals surface area contributed by atoms with Crippen LogP contribution in [-0.4, -0.2) is 12.2 Å². The molecule has 0 saturated carbocycles. The smallest absolute Gasteiger partial charge is 0.0600 e. The van der Waals surface area contributed by atoms with Crippen LogP contribution >= 0.6 is 11.3 Å². The van der Waals surface area contributed by atoms with Gasteiger partial charge in [0.15, 0.2) is 0 Å². The summed E-state index contributed by atoms with van der Waals surface area (Å²) in [5, 5.41) is 4.23. The summed E-state index contributed by atoms with van der Waals surface area (Å²) in [4.78, 5) is 0. The van der Waals surface area contributed by atoms with Gasteiger partial charge in [-0.05, 0) is 42.2 Å². The second-order valence-electron chi connectivity index (χ2n) is 4.57. The second kappa shape index (κ2) is 4.24. The molecule has 0 bridgehead atoms. The standard InChI is InChI=1S/C12H19NOS/c1-7-8(2)14-9(3)11(7)12(13)10-4-5-15-6-10/h4-9,11-12H,13H2,1-3H3. The van der Waals surface area contributed by atoms with Gasteiger partial charge in [0.1, 0.15) is 0 Å². The van der Waals surface area contributed by atoms with Gasteiger partial charge in [0.2, 0.25) is 0 Å².